The Morgan fingerprint density at radius 1 is 0.857 bits per heavy atom. The van der Waals surface area contributed by atoms with E-state index in [1.807, 2.05) is 28.0 Å². The Morgan fingerprint density at radius 2 is 1.51 bits per heavy atom. The van der Waals surface area contributed by atoms with Gasteiger partial charge in [-0.15, -0.1) is 0 Å². The average molecular weight is 479 g/mol. The van der Waals surface area contributed by atoms with Crippen LogP contribution in [-0.2, 0) is 16.1 Å². The Bertz CT molecular complexity index is 996. The van der Waals surface area contributed by atoms with Crippen LogP contribution in [0, 0.1) is 5.92 Å². The van der Waals surface area contributed by atoms with E-state index in [-0.39, 0.29) is 23.8 Å². The zero-order valence-corrected chi connectivity index (χ0v) is 20.3. The average Bonchev–Trinajstić information content (AvgIpc) is 2.90. The van der Waals surface area contributed by atoms with Gasteiger partial charge in [-0.25, -0.2) is 4.79 Å². The van der Waals surface area contributed by atoms with Gasteiger partial charge in [0.2, 0.25) is 0 Å². The molecular weight excluding hydrogens is 444 g/mol. The van der Waals surface area contributed by atoms with Crippen molar-refractivity contribution in [2.45, 2.75) is 25.8 Å². The Labute approximate surface area is 206 Å². The summed E-state index contributed by atoms with van der Waals surface area (Å²) < 4.78 is 4.75. The Kier molecular flexibility index (Phi) is 8.36. The van der Waals surface area contributed by atoms with Gasteiger partial charge in [-0.1, -0.05) is 30.3 Å². The number of hydrogen-bond donors (Lipinski definition) is 1. The molecule has 4 rings (SSSR count). The van der Waals surface area contributed by atoms with Crippen LogP contribution in [0.3, 0.4) is 0 Å². The molecule has 0 aliphatic carbocycles. The highest BCUT2D eigenvalue weighted by molar-refractivity contribution is 5.95. The number of methoxy groups -OCH3 is 1. The number of urea groups is 1. The van der Waals surface area contributed by atoms with E-state index in [4.69, 9.17) is 4.74 Å². The SMILES string of the molecule is COC(=O)CC1CCN(C(=O)c2ccc(NC(=O)N3CCN(Cc4ccccc4)CC3)cc2)CC1. The van der Waals surface area contributed by atoms with E-state index in [9.17, 15) is 14.4 Å². The quantitative estimate of drug-likeness (QED) is 0.643. The Balaban J connectivity index is 1.21. The van der Waals surface area contributed by atoms with Crippen LogP contribution in [0.25, 0.3) is 0 Å². The molecule has 2 aromatic rings. The lowest BCUT2D eigenvalue weighted by atomic mass is 9.93. The van der Waals surface area contributed by atoms with Crippen LogP contribution in [0.1, 0.15) is 35.2 Å². The molecule has 2 aromatic carbocycles. The molecular formula is C27H34N4O4. The fourth-order valence-electron chi connectivity index (χ4n) is 4.69. The highest BCUT2D eigenvalue weighted by atomic mass is 16.5. The molecule has 2 aliphatic heterocycles. The van der Waals surface area contributed by atoms with Crippen molar-refractivity contribution in [3.05, 3.63) is 65.7 Å². The Morgan fingerprint density at radius 3 is 2.14 bits per heavy atom. The van der Waals surface area contributed by atoms with E-state index in [1.54, 1.807) is 24.3 Å². The molecule has 0 radical (unpaired) electrons. The molecule has 0 unspecified atom stereocenters. The summed E-state index contributed by atoms with van der Waals surface area (Å²) >= 11 is 0. The molecule has 2 saturated heterocycles. The number of rotatable bonds is 6. The number of likely N-dealkylation sites (tertiary alicyclic amines) is 1. The Hall–Kier alpha value is -3.39. The third-order valence-corrected chi connectivity index (χ3v) is 6.88. The van der Waals surface area contributed by atoms with Crippen molar-refractivity contribution >= 4 is 23.6 Å². The molecule has 0 aromatic heterocycles. The summed E-state index contributed by atoms with van der Waals surface area (Å²) in [6.07, 6.45) is 2.01. The second-order valence-corrected chi connectivity index (χ2v) is 9.27. The van der Waals surface area contributed by atoms with Crippen molar-refractivity contribution in [3.63, 3.8) is 0 Å². The van der Waals surface area contributed by atoms with Crippen LogP contribution in [-0.4, -0.2) is 79.0 Å². The van der Waals surface area contributed by atoms with Gasteiger partial charge in [0, 0.05) is 63.5 Å². The van der Waals surface area contributed by atoms with Gasteiger partial charge in [-0.2, -0.15) is 0 Å². The van der Waals surface area contributed by atoms with Crippen molar-refractivity contribution < 1.29 is 19.1 Å². The first-order chi connectivity index (χ1) is 17.0. The molecule has 2 fully saturated rings. The topological polar surface area (TPSA) is 82.2 Å². The molecule has 2 aliphatic rings. The number of amides is 3. The molecule has 0 spiro atoms. The number of ether oxygens (including phenoxy) is 1. The van der Waals surface area contributed by atoms with Gasteiger partial charge < -0.3 is 19.9 Å². The highest BCUT2D eigenvalue weighted by Gasteiger charge is 2.26. The van der Waals surface area contributed by atoms with Crippen LogP contribution in [0.5, 0.6) is 0 Å². The van der Waals surface area contributed by atoms with Crippen molar-refractivity contribution in [2.75, 3.05) is 51.7 Å². The lowest BCUT2D eigenvalue weighted by Crippen LogP contribution is -2.49. The molecule has 2 heterocycles. The van der Waals surface area contributed by atoms with Crippen molar-refractivity contribution in [1.29, 1.82) is 0 Å². The van der Waals surface area contributed by atoms with Crippen LogP contribution >= 0.6 is 0 Å². The van der Waals surface area contributed by atoms with Gasteiger partial charge in [0.25, 0.3) is 5.91 Å². The number of piperazine rings is 1. The monoisotopic (exact) mass is 478 g/mol. The van der Waals surface area contributed by atoms with Crippen molar-refractivity contribution in [2.24, 2.45) is 5.92 Å². The number of piperidine rings is 1. The number of nitrogens with zero attached hydrogens (tertiary/aromatic N) is 3. The third kappa shape index (κ3) is 6.82. The summed E-state index contributed by atoms with van der Waals surface area (Å²) in [7, 11) is 1.40. The van der Waals surface area contributed by atoms with Gasteiger partial charge in [0.1, 0.15) is 0 Å². The molecule has 0 saturated carbocycles. The van der Waals surface area contributed by atoms with Gasteiger partial charge in [-0.05, 0) is 48.6 Å². The van der Waals surface area contributed by atoms with Gasteiger partial charge in [0.05, 0.1) is 7.11 Å². The smallest absolute Gasteiger partial charge is 0.321 e. The predicted molar refractivity (Wildman–Crippen MR) is 134 cm³/mol. The minimum absolute atomic E-state index is 0.0195. The maximum Gasteiger partial charge on any atom is 0.321 e. The summed E-state index contributed by atoms with van der Waals surface area (Å²) in [5, 5.41) is 2.95. The van der Waals surface area contributed by atoms with Crippen LogP contribution < -0.4 is 5.32 Å². The largest absolute Gasteiger partial charge is 0.469 e. The van der Waals surface area contributed by atoms with E-state index in [0.717, 1.165) is 32.5 Å². The third-order valence-electron chi connectivity index (χ3n) is 6.88. The predicted octanol–water partition coefficient (Wildman–Crippen LogP) is 3.45. The molecule has 186 valence electrons. The van der Waals surface area contributed by atoms with Gasteiger partial charge in [-0.3, -0.25) is 14.5 Å². The molecule has 8 heteroatoms. The van der Waals surface area contributed by atoms with Gasteiger partial charge in [0.15, 0.2) is 0 Å². The van der Waals surface area contributed by atoms with Crippen LogP contribution in [0.2, 0.25) is 0 Å². The van der Waals surface area contributed by atoms with E-state index in [1.165, 1.54) is 12.7 Å². The minimum Gasteiger partial charge on any atom is -0.469 e. The normalized spacial score (nSPS) is 17.2. The van der Waals surface area contributed by atoms with Crippen LogP contribution in [0.4, 0.5) is 10.5 Å². The standard InChI is InChI=1S/C27H34N4O4/c1-35-25(32)19-21-11-13-30(14-12-21)26(33)23-7-9-24(10-8-23)28-27(34)31-17-15-29(16-18-31)20-22-5-3-2-4-6-22/h2-10,21H,11-20H2,1H3,(H,28,34). The minimum atomic E-state index is -0.193. The molecule has 1 N–H and O–H groups in total. The second kappa shape index (κ2) is 11.8. The zero-order chi connectivity index (χ0) is 24.6. The fraction of sp³-hybridized carbons (Fsp3) is 0.444. The lowest BCUT2D eigenvalue weighted by Gasteiger charge is -2.34. The number of benzene rings is 2. The second-order valence-electron chi connectivity index (χ2n) is 9.27. The molecule has 3 amide bonds. The summed E-state index contributed by atoms with van der Waals surface area (Å²) in [6, 6.07) is 17.3. The maximum atomic E-state index is 12.9. The van der Waals surface area contributed by atoms with Crippen molar-refractivity contribution in [3.8, 4) is 0 Å². The lowest BCUT2D eigenvalue weighted by molar-refractivity contribution is -0.142. The summed E-state index contributed by atoms with van der Waals surface area (Å²) in [6.45, 7) is 5.21. The first-order valence-corrected chi connectivity index (χ1v) is 12.3. The number of esters is 1. The number of hydrogen-bond acceptors (Lipinski definition) is 5. The highest BCUT2D eigenvalue weighted by Crippen LogP contribution is 2.23. The first-order valence-electron chi connectivity index (χ1n) is 12.3. The van der Waals surface area contributed by atoms with Crippen LogP contribution in [0.15, 0.2) is 54.6 Å². The summed E-state index contributed by atoms with van der Waals surface area (Å²) in [4.78, 5) is 43.1. The molecule has 0 bridgehead atoms. The number of carbonyl (C=O) groups excluding carboxylic acids is 3. The number of nitrogens with one attached hydrogen (secondary N) is 1. The first kappa shape index (κ1) is 24.7. The van der Waals surface area contributed by atoms with E-state index in [2.05, 4.69) is 22.3 Å². The summed E-state index contributed by atoms with van der Waals surface area (Å²) in [5.74, 6) is 0.0553. The molecule has 0 atom stereocenters. The fourth-order valence-corrected chi connectivity index (χ4v) is 4.69. The molecule has 35 heavy (non-hydrogen) atoms. The van der Waals surface area contributed by atoms with Crippen molar-refractivity contribution in [1.82, 2.24) is 14.7 Å². The summed E-state index contributed by atoms with van der Waals surface area (Å²) in [5.41, 5.74) is 2.56. The van der Waals surface area contributed by atoms with Gasteiger partial charge >= 0.3 is 12.0 Å². The number of carbonyl (C=O) groups is 3. The van der Waals surface area contributed by atoms with E-state index < -0.39 is 0 Å². The zero-order valence-electron chi connectivity index (χ0n) is 20.3. The number of anilines is 1. The van der Waals surface area contributed by atoms with E-state index >= 15 is 0 Å². The van der Waals surface area contributed by atoms with E-state index in [0.29, 0.717) is 43.9 Å². The maximum absolute atomic E-state index is 12.9. The molecule has 8 nitrogen and oxygen atoms in total.